The monoisotopic (exact) mass is 418 g/mol. The van der Waals surface area contributed by atoms with Crippen molar-refractivity contribution < 1.29 is 12.8 Å². The maximum absolute atomic E-state index is 12.4. The molecule has 8 nitrogen and oxygen atoms in total. The minimum atomic E-state index is -3.18. The molecular weight excluding hydrogens is 392 g/mol. The van der Waals surface area contributed by atoms with Crippen LogP contribution >= 0.6 is 0 Å². The standard InChI is InChI=1S/C20H26N4O4S/c1-2-3-6-13-29(26,27)24-11-9-23(10-12-24)14-17-21-18-15-7-4-5-8-16(15)28-19(18)20(25)22-17/h4-5,7-8H,2-3,6,9-14H2,1H3,(H,21,22,25). The van der Waals surface area contributed by atoms with Gasteiger partial charge in [-0.15, -0.1) is 0 Å². The van der Waals surface area contributed by atoms with Crippen molar-refractivity contribution in [2.45, 2.75) is 32.7 Å². The van der Waals surface area contributed by atoms with E-state index in [1.54, 1.807) is 4.31 Å². The number of H-pyrrole nitrogens is 1. The highest BCUT2D eigenvalue weighted by Crippen LogP contribution is 2.24. The number of furan rings is 1. The summed E-state index contributed by atoms with van der Waals surface area (Å²) >= 11 is 0. The first kappa shape index (κ1) is 20.1. The molecule has 0 amide bonds. The first-order valence-corrected chi connectivity index (χ1v) is 11.7. The van der Waals surface area contributed by atoms with Gasteiger partial charge in [-0.05, 0) is 18.6 Å². The second-order valence-corrected chi connectivity index (χ2v) is 9.58. The van der Waals surface area contributed by atoms with Crippen LogP contribution in [0.4, 0.5) is 0 Å². The van der Waals surface area contributed by atoms with Crippen molar-refractivity contribution in [2.24, 2.45) is 0 Å². The molecule has 4 rings (SSSR count). The molecule has 1 saturated heterocycles. The smallest absolute Gasteiger partial charge is 0.294 e. The lowest BCUT2D eigenvalue weighted by Gasteiger charge is -2.33. The van der Waals surface area contributed by atoms with Crippen LogP contribution in [0.3, 0.4) is 0 Å². The van der Waals surface area contributed by atoms with E-state index in [1.165, 1.54) is 0 Å². The Labute approximate surface area is 169 Å². The molecule has 0 spiro atoms. The van der Waals surface area contributed by atoms with Gasteiger partial charge in [0.1, 0.15) is 16.9 Å². The summed E-state index contributed by atoms with van der Waals surface area (Å²) in [5.74, 6) is 0.785. The average Bonchev–Trinajstić information content (AvgIpc) is 3.08. The van der Waals surface area contributed by atoms with Gasteiger partial charge in [-0.25, -0.2) is 13.4 Å². The molecule has 0 radical (unpaired) electrons. The summed E-state index contributed by atoms with van der Waals surface area (Å²) in [4.78, 5) is 22.0. The minimum absolute atomic E-state index is 0.222. The fraction of sp³-hybridized carbons (Fsp3) is 0.500. The zero-order valence-electron chi connectivity index (χ0n) is 16.6. The largest absolute Gasteiger partial charge is 0.449 e. The Morgan fingerprint density at radius 1 is 1.14 bits per heavy atom. The van der Waals surface area contributed by atoms with E-state index in [0.29, 0.717) is 56.1 Å². The predicted octanol–water partition coefficient (Wildman–Crippen LogP) is 2.31. The van der Waals surface area contributed by atoms with E-state index in [2.05, 4.69) is 21.8 Å². The Morgan fingerprint density at radius 2 is 1.90 bits per heavy atom. The summed E-state index contributed by atoms with van der Waals surface area (Å²) < 4.78 is 32.1. The molecule has 0 bridgehead atoms. The number of nitrogens with one attached hydrogen (secondary N) is 1. The summed E-state index contributed by atoms with van der Waals surface area (Å²) in [5, 5.41) is 0.817. The van der Waals surface area contributed by atoms with Crippen molar-refractivity contribution in [3.05, 3.63) is 40.4 Å². The number of piperazine rings is 1. The Bertz CT molecular complexity index is 1160. The van der Waals surface area contributed by atoms with Crippen molar-refractivity contribution in [1.29, 1.82) is 0 Å². The second-order valence-electron chi connectivity index (χ2n) is 7.49. The lowest BCUT2D eigenvalue weighted by Crippen LogP contribution is -2.49. The second kappa shape index (κ2) is 8.25. The molecule has 1 fully saturated rings. The number of hydrogen-bond donors (Lipinski definition) is 1. The SMILES string of the molecule is CCCCCS(=O)(=O)N1CCN(Cc2nc3c(oc4ccccc43)c(=O)[nH]2)CC1. The van der Waals surface area contributed by atoms with Crippen LogP contribution in [0.1, 0.15) is 32.0 Å². The number of sulfonamides is 1. The first-order valence-electron chi connectivity index (χ1n) is 10.1. The predicted molar refractivity (Wildman–Crippen MR) is 112 cm³/mol. The molecule has 9 heteroatoms. The highest BCUT2D eigenvalue weighted by Gasteiger charge is 2.27. The lowest BCUT2D eigenvalue weighted by atomic mass is 10.2. The van der Waals surface area contributed by atoms with Gasteiger partial charge in [0.2, 0.25) is 15.6 Å². The normalized spacial score (nSPS) is 16.7. The number of fused-ring (bicyclic) bond motifs is 3. The molecule has 3 aromatic rings. The van der Waals surface area contributed by atoms with Gasteiger partial charge in [-0.3, -0.25) is 9.69 Å². The first-order chi connectivity index (χ1) is 14.0. The lowest BCUT2D eigenvalue weighted by molar-refractivity contribution is 0.178. The molecule has 0 atom stereocenters. The average molecular weight is 419 g/mol. The van der Waals surface area contributed by atoms with Crippen LogP contribution in [0.25, 0.3) is 22.1 Å². The third kappa shape index (κ3) is 4.22. The number of aromatic amines is 1. The van der Waals surface area contributed by atoms with E-state index in [1.807, 2.05) is 24.3 Å². The molecule has 156 valence electrons. The van der Waals surface area contributed by atoms with Crippen molar-refractivity contribution in [3.63, 3.8) is 0 Å². The number of hydrogen-bond acceptors (Lipinski definition) is 6. The van der Waals surface area contributed by atoms with Crippen molar-refractivity contribution in [1.82, 2.24) is 19.2 Å². The number of aromatic nitrogens is 2. The molecule has 0 unspecified atom stereocenters. The molecule has 1 aliphatic rings. The number of rotatable bonds is 7. The quantitative estimate of drug-likeness (QED) is 0.591. The maximum Gasteiger partial charge on any atom is 0.294 e. The van der Waals surface area contributed by atoms with Gasteiger partial charge in [0.25, 0.3) is 5.56 Å². The fourth-order valence-electron chi connectivity index (χ4n) is 3.76. The molecule has 0 saturated carbocycles. The fourth-order valence-corrected chi connectivity index (χ4v) is 5.31. The zero-order chi connectivity index (χ0) is 20.4. The molecule has 3 heterocycles. The van der Waals surface area contributed by atoms with Crippen molar-refractivity contribution in [2.75, 3.05) is 31.9 Å². The molecule has 1 N–H and O–H groups in total. The van der Waals surface area contributed by atoms with Crippen LogP contribution in [0.15, 0.2) is 33.5 Å². The van der Waals surface area contributed by atoms with Gasteiger partial charge in [-0.2, -0.15) is 4.31 Å². The number of unbranched alkanes of at least 4 members (excludes halogenated alkanes) is 2. The molecule has 1 aromatic carbocycles. The third-order valence-electron chi connectivity index (χ3n) is 5.38. The van der Waals surface area contributed by atoms with E-state index in [0.717, 1.165) is 18.2 Å². The van der Waals surface area contributed by atoms with Crippen molar-refractivity contribution in [3.8, 4) is 0 Å². The van der Waals surface area contributed by atoms with Crippen LogP contribution < -0.4 is 5.56 Å². The van der Waals surface area contributed by atoms with Crippen LogP contribution in [0, 0.1) is 0 Å². The molecule has 2 aromatic heterocycles. The number of benzene rings is 1. The van der Waals surface area contributed by atoms with Gasteiger partial charge in [0.15, 0.2) is 0 Å². The van der Waals surface area contributed by atoms with Gasteiger partial charge in [-0.1, -0.05) is 31.9 Å². The van der Waals surface area contributed by atoms with Crippen LogP contribution in [-0.2, 0) is 16.6 Å². The summed E-state index contributed by atoms with van der Waals surface area (Å²) in [7, 11) is -3.18. The van der Waals surface area contributed by atoms with Gasteiger partial charge < -0.3 is 9.40 Å². The third-order valence-corrected chi connectivity index (χ3v) is 7.34. The highest BCUT2D eigenvalue weighted by atomic mass is 32.2. The van der Waals surface area contributed by atoms with E-state index >= 15 is 0 Å². The van der Waals surface area contributed by atoms with Crippen LogP contribution in [0.5, 0.6) is 0 Å². The molecule has 0 aliphatic carbocycles. The Kier molecular flexibility index (Phi) is 5.71. The van der Waals surface area contributed by atoms with E-state index in [-0.39, 0.29) is 16.9 Å². The Balaban J connectivity index is 1.45. The Hall–Kier alpha value is -2.23. The van der Waals surface area contributed by atoms with Crippen LogP contribution in [-0.4, -0.2) is 59.5 Å². The molecular formula is C20H26N4O4S. The Morgan fingerprint density at radius 3 is 2.66 bits per heavy atom. The summed E-state index contributed by atoms with van der Waals surface area (Å²) in [6, 6.07) is 7.45. The summed E-state index contributed by atoms with van der Waals surface area (Å²) in [5.41, 5.74) is 1.15. The summed E-state index contributed by atoms with van der Waals surface area (Å²) in [6.45, 7) is 4.69. The highest BCUT2D eigenvalue weighted by molar-refractivity contribution is 7.89. The summed E-state index contributed by atoms with van der Waals surface area (Å²) in [6.07, 6.45) is 2.65. The number of para-hydroxylation sites is 1. The topological polar surface area (TPSA) is 99.5 Å². The van der Waals surface area contributed by atoms with E-state index < -0.39 is 10.0 Å². The van der Waals surface area contributed by atoms with Gasteiger partial charge in [0.05, 0.1) is 12.3 Å². The van der Waals surface area contributed by atoms with Gasteiger partial charge in [0, 0.05) is 31.6 Å². The van der Waals surface area contributed by atoms with Crippen molar-refractivity contribution >= 4 is 32.1 Å². The number of nitrogens with zero attached hydrogens (tertiary/aromatic N) is 3. The van der Waals surface area contributed by atoms with Gasteiger partial charge >= 0.3 is 0 Å². The van der Waals surface area contributed by atoms with E-state index in [4.69, 9.17) is 4.42 Å². The minimum Gasteiger partial charge on any atom is -0.449 e. The molecule has 29 heavy (non-hydrogen) atoms. The maximum atomic E-state index is 12.4. The zero-order valence-corrected chi connectivity index (χ0v) is 17.4. The molecule has 1 aliphatic heterocycles. The van der Waals surface area contributed by atoms with E-state index in [9.17, 15) is 13.2 Å². The van der Waals surface area contributed by atoms with Crippen LogP contribution in [0.2, 0.25) is 0 Å².